The number of amides is 1. The molecule has 1 atom stereocenters. The zero-order valence-corrected chi connectivity index (χ0v) is 11.2. The SMILES string of the molecule is CC(NC(=O)COc1ccc(N)cc1)c1ccccn1. The molecule has 5 nitrogen and oxygen atoms in total. The molecule has 0 radical (unpaired) electrons. The Morgan fingerprint density at radius 2 is 2.05 bits per heavy atom. The highest BCUT2D eigenvalue weighted by Crippen LogP contribution is 2.13. The predicted molar refractivity (Wildman–Crippen MR) is 77.1 cm³/mol. The van der Waals surface area contributed by atoms with Gasteiger partial charge in [-0.2, -0.15) is 0 Å². The Hall–Kier alpha value is -2.56. The lowest BCUT2D eigenvalue weighted by atomic mass is 10.2. The van der Waals surface area contributed by atoms with Crippen molar-refractivity contribution in [3.8, 4) is 5.75 Å². The molecular weight excluding hydrogens is 254 g/mol. The summed E-state index contributed by atoms with van der Waals surface area (Å²) in [6.45, 7) is 1.84. The summed E-state index contributed by atoms with van der Waals surface area (Å²) in [6.07, 6.45) is 1.70. The summed E-state index contributed by atoms with van der Waals surface area (Å²) in [6, 6.07) is 12.3. The van der Waals surface area contributed by atoms with E-state index in [9.17, 15) is 4.79 Å². The van der Waals surface area contributed by atoms with Crippen molar-refractivity contribution in [2.75, 3.05) is 12.3 Å². The van der Waals surface area contributed by atoms with Gasteiger partial charge in [-0.25, -0.2) is 0 Å². The van der Waals surface area contributed by atoms with E-state index in [1.54, 1.807) is 30.5 Å². The number of hydrogen-bond acceptors (Lipinski definition) is 4. The van der Waals surface area contributed by atoms with Crippen LogP contribution in [0.4, 0.5) is 5.69 Å². The van der Waals surface area contributed by atoms with Crippen molar-refractivity contribution in [3.05, 3.63) is 54.4 Å². The molecule has 1 amide bonds. The predicted octanol–water partition coefficient (Wildman–Crippen LogP) is 1.92. The van der Waals surface area contributed by atoms with Crippen LogP contribution < -0.4 is 15.8 Å². The second-order valence-corrected chi connectivity index (χ2v) is 4.40. The van der Waals surface area contributed by atoms with Gasteiger partial charge < -0.3 is 15.8 Å². The van der Waals surface area contributed by atoms with Gasteiger partial charge in [0.1, 0.15) is 5.75 Å². The minimum absolute atomic E-state index is 0.0406. The van der Waals surface area contributed by atoms with Crippen molar-refractivity contribution in [3.63, 3.8) is 0 Å². The molecule has 1 aromatic heterocycles. The van der Waals surface area contributed by atoms with E-state index in [2.05, 4.69) is 10.3 Å². The molecule has 0 saturated carbocycles. The zero-order valence-electron chi connectivity index (χ0n) is 11.2. The Bertz CT molecular complexity index is 555. The maximum atomic E-state index is 11.8. The van der Waals surface area contributed by atoms with Crippen molar-refractivity contribution < 1.29 is 9.53 Å². The highest BCUT2D eigenvalue weighted by Gasteiger charge is 2.10. The molecule has 0 aliphatic carbocycles. The number of anilines is 1. The van der Waals surface area contributed by atoms with Gasteiger partial charge >= 0.3 is 0 Å². The fourth-order valence-electron chi connectivity index (χ4n) is 1.70. The minimum atomic E-state index is -0.194. The summed E-state index contributed by atoms with van der Waals surface area (Å²) < 4.78 is 5.37. The molecule has 1 aromatic carbocycles. The van der Waals surface area contributed by atoms with E-state index in [0.717, 1.165) is 5.69 Å². The number of ether oxygens (including phenoxy) is 1. The van der Waals surface area contributed by atoms with E-state index >= 15 is 0 Å². The van der Waals surface area contributed by atoms with Gasteiger partial charge in [0, 0.05) is 11.9 Å². The third-order valence-electron chi connectivity index (χ3n) is 2.76. The van der Waals surface area contributed by atoms with Crippen LogP contribution >= 0.6 is 0 Å². The summed E-state index contributed by atoms with van der Waals surface area (Å²) >= 11 is 0. The molecule has 0 spiro atoms. The number of nitrogens with zero attached hydrogens (tertiary/aromatic N) is 1. The number of aromatic nitrogens is 1. The van der Waals surface area contributed by atoms with E-state index in [4.69, 9.17) is 10.5 Å². The molecule has 104 valence electrons. The van der Waals surface area contributed by atoms with E-state index in [1.807, 2.05) is 25.1 Å². The second-order valence-electron chi connectivity index (χ2n) is 4.40. The highest BCUT2D eigenvalue weighted by atomic mass is 16.5. The van der Waals surface area contributed by atoms with Crippen molar-refractivity contribution in [2.45, 2.75) is 13.0 Å². The maximum absolute atomic E-state index is 11.8. The van der Waals surface area contributed by atoms with Crippen LogP contribution in [0.2, 0.25) is 0 Å². The smallest absolute Gasteiger partial charge is 0.258 e. The first-order valence-electron chi connectivity index (χ1n) is 6.34. The summed E-state index contributed by atoms with van der Waals surface area (Å²) in [5.74, 6) is 0.416. The molecule has 0 aliphatic rings. The van der Waals surface area contributed by atoms with Gasteiger partial charge in [0.2, 0.25) is 0 Å². The molecule has 0 saturated heterocycles. The standard InChI is InChI=1S/C15H17N3O2/c1-11(14-4-2-3-9-17-14)18-15(19)10-20-13-7-5-12(16)6-8-13/h2-9,11H,10,16H2,1H3,(H,18,19). The molecule has 1 heterocycles. The van der Waals surface area contributed by atoms with Crippen LogP contribution in [0, 0.1) is 0 Å². The van der Waals surface area contributed by atoms with Gasteiger partial charge in [-0.15, -0.1) is 0 Å². The van der Waals surface area contributed by atoms with E-state index in [0.29, 0.717) is 11.4 Å². The molecule has 2 aromatic rings. The van der Waals surface area contributed by atoms with Crippen molar-refractivity contribution >= 4 is 11.6 Å². The van der Waals surface area contributed by atoms with Gasteiger partial charge in [0.05, 0.1) is 11.7 Å². The number of rotatable bonds is 5. The fourth-order valence-corrected chi connectivity index (χ4v) is 1.70. The topological polar surface area (TPSA) is 77.2 Å². The highest BCUT2D eigenvalue weighted by molar-refractivity contribution is 5.77. The van der Waals surface area contributed by atoms with Crippen LogP contribution in [0.15, 0.2) is 48.7 Å². The van der Waals surface area contributed by atoms with E-state index in [-0.39, 0.29) is 18.6 Å². The first-order valence-corrected chi connectivity index (χ1v) is 6.34. The fraction of sp³-hybridized carbons (Fsp3) is 0.200. The van der Waals surface area contributed by atoms with Crippen LogP contribution in [0.3, 0.4) is 0 Å². The lowest BCUT2D eigenvalue weighted by molar-refractivity contribution is -0.123. The molecular formula is C15H17N3O2. The van der Waals surface area contributed by atoms with Crippen LogP contribution in [-0.4, -0.2) is 17.5 Å². The third-order valence-corrected chi connectivity index (χ3v) is 2.76. The first kappa shape index (κ1) is 13.9. The normalized spacial score (nSPS) is 11.7. The van der Waals surface area contributed by atoms with Gasteiger partial charge in [-0.1, -0.05) is 6.07 Å². The average Bonchev–Trinajstić information content (AvgIpc) is 2.47. The van der Waals surface area contributed by atoms with Gasteiger partial charge in [0.25, 0.3) is 5.91 Å². The van der Waals surface area contributed by atoms with Crippen LogP contribution in [-0.2, 0) is 4.79 Å². The summed E-state index contributed by atoms with van der Waals surface area (Å²) in [7, 11) is 0. The number of carbonyl (C=O) groups excluding carboxylic acids is 1. The quantitative estimate of drug-likeness (QED) is 0.814. The average molecular weight is 271 g/mol. The molecule has 0 aliphatic heterocycles. The summed E-state index contributed by atoms with van der Waals surface area (Å²) in [5.41, 5.74) is 7.04. The first-order chi connectivity index (χ1) is 9.65. The Balaban J connectivity index is 1.82. The Morgan fingerprint density at radius 1 is 1.30 bits per heavy atom. The van der Waals surface area contributed by atoms with Gasteiger partial charge in [0.15, 0.2) is 6.61 Å². The Labute approximate surface area is 117 Å². The van der Waals surface area contributed by atoms with Crippen molar-refractivity contribution in [1.29, 1.82) is 0 Å². The lowest BCUT2D eigenvalue weighted by Crippen LogP contribution is -2.31. The number of nitrogen functional groups attached to an aromatic ring is 1. The van der Waals surface area contributed by atoms with Crippen molar-refractivity contribution in [1.82, 2.24) is 10.3 Å². The summed E-state index contributed by atoms with van der Waals surface area (Å²) in [5, 5.41) is 2.83. The molecule has 0 fully saturated rings. The number of nitrogens with two attached hydrogens (primary N) is 1. The maximum Gasteiger partial charge on any atom is 0.258 e. The van der Waals surface area contributed by atoms with Crippen LogP contribution in [0.5, 0.6) is 5.75 Å². The number of hydrogen-bond donors (Lipinski definition) is 2. The molecule has 20 heavy (non-hydrogen) atoms. The Kier molecular flexibility index (Phi) is 4.55. The minimum Gasteiger partial charge on any atom is -0.484 e. The second kappa shape index (κ2) is 6.56. The number of carbonyl (C=O) groups is 1. The molecule has 0 bridgehead atoms. The molecule has 1 unspecified atom stereocenters. The molecule has 5 heteroatoms. The number of pyridine rings is 1. The van der Waals surface area contributed by atoms with Gasteiger partial charge in [-0.05, 0) is 43.3 Å². The Morgan fingerprint density at radius 3 is 2.70 bits per heavy atom. The van der Waals surface area contributed by atoms with Crippen LogP contribution in [0.1, 0.15) is 18.7 Å². The largest absolute Gasteiger partial charge is 0.484 e. The number of benzene rings is 1. The lowest BCUT2D eigenvalue weighted by Gasteiger charge is -2.13. The zero-order chi connectivity index (χ0) is 14.4. The van der Waals surface area contributed by atoms with E-state index in [1.165, 1.54) is 0 Å². The third kappa shape index (κ3) is 3.98. The molecule has 2 rings (SSSR count). The van der Waals surface area contributed by atoms with Gasteiger partial charge in [-0.3, -0.25) is 9.78 Å². The van der Waals surface area contributed by atoms with E-state index < -0.39 is 0 Å². The number of nitrogens with one attached hydrogen (secondary N) is 1. The van der Waals surface area contributed by atoms with Crippen LogP contribution in [0.25, 0.3) is 0 Å². The van der Waals surface area contributed by atoms with Crippen molar-refractivity contribution in [2.24, 2.45) is 0 Å². The summed E-state index contributed by atoms with van der Waals surface area (Å²) in [4.78, 5) is 16.0. The monoisotopic (exact) mass is 271 g/mol. The molecule has 3 N–H and O–H groups in total.